The number of methoxy groups -OCH3 is 1. The van der Waals surface area contributed by atoms with Gasteiger partial charge < -0.3 is 4.74 Å². The molecular formula is C14H20N2O. The van der Waals surface area contributed by atoms with Gasteiger partial charge in [0.1, 0.15) is 5.75 Å². The summed E-state index contributed by atoms with van der Waals surface area (Å²) in [7, 11) is 1.72. The lowest BCUT2D eigenvalue weighted by molar-refractivity contribution is 0.0656. The van der Waals surface area contributed by atoms with Crippen LogP contribution in [0.3, 0.4) is 0 Å². The van der Waals surface area contributed by atoms with E-state index in [1.165, 1.54) is 37.9 Å². The summed E-state index contributed by atoms with van der Waals surface area (Å²) < 4.78 is 5.23. The maximum Gasteiger partial charge on any atom is 0.118 e. The summed E-state index contributed by atoms with van der Waals surface area (Å²) in [6, 6.07) is 8.54. The van der Waals surface area contributed by atoms with Crippen LogP contribution in [0.1, 0.15) is 24.8 Å². The van der Waals surface area contributed by atoms with Crippen LogP contribution in [0.25, 0.3) is 0 Å². The Morgan fingerprint density at radius 3 is 2.71 bits per heavy atom. The highest BCUT2D eigenvalue weighted by atomic mass is 16.5. The van der Waals surface area contributed by atoms with Gasteiger partial charge in [0.15, 0.2) is 0 Å². The first-order valence-corrected chi connectivity index (χ1v) is 6.50. The Bertz CT molecular complexity index is 390. The fourth-order valence-electron chi connectivity index (χ4n) is 3.24. The summed E-state index contributed by atoms with van der Waals surface area (Å²) in [4.78, 5) is 2.60. The fourth-order valence-corrected chi connectivity index (χ4v) is 3.24. The monoisotopic (exact) mass is 232 g/mol. The number of fused-ring (bicyclic) bond motifs is 1. The van der Waals surface area contributed by atoms with E-state index < -0.39 is 0 Å². The van der Waals surface area contributed by atoms with E-state index in [4.69, 9.17) is 4.74 Å². The lowest BCUT2D eigenvalue weighted by Gasteiger charge is -2.43. The van der Waals surface area contributed by atoms with Crippen LogP contribution < -0.4 is 10.1 Å². The van der Waals surface area contributed by atoms with Gasteiger partial charge in [0, 0.05) is 13.1 Å². The zero-order valence-electron chi connectivity index (χ0n) is 10.4. The minimum atomic E-state index is 0.102. The zero-order valence-corrected chi connectivity index (χ0v) is 10.4. The first-order valence-electron chi connectivity index (χ1n) is 6.50. The predicted molar refractivity (Wildman–Crippen MR) is 68.1 cm³/mol. The maximum atomic E-state index is 5.23. The molecule has 0 spiro atoms. The van der Waals surface area contributed by atoms with E-state index in [0.717, 1.165) is 12.3 Å². The van der Waals surface area contributed by atoms with E-state index in [9.17, 15) is 0 Å². The third-order valence-corrected chi connectivity index (χ3v) is 4.10. The lowest BCUT2D eigenvalue weighted by Crippen LogP contribution is -2.56. The molecule has 1 unspecified atom stereocenters. The Morgan fingerprint density at radius 2 is 1.94 bits per heavy atom. The molecule has 2 heterocycles. The molecule has 2 aliphatic heterocycles. The number of rotatable bonds is 2. The van der Waals surface area contributed by atoms with E-state index in [2.05, 4.69) is 34.5 Å². The molecule has 0 bridgehead atoms. The minimum absolute atomic E-state index is 0.102. The first kappa shape index (κ1) is 11.1. The summed E-state index contributed by atoms with van der Waals surface area (Å²) in [5.74, 6) is 0.936. The van der Waals surface area contributed by atoms with Crippen molar-refractivity contribution in [1.29, 1.82) is 0 Å². The van der Waals surface area contributed by atoms with Crippen molar-refractivity contribution in [1.82, 2.24) is 10.2 Å². The van der Waals surface area contributed by atoms with Crippen molar-refractivity contribution in [3.05, 3.63) is 29.8 Å². The molecule has 3 rings (SSSR count). The van der Waals surface area contributed by atoms with Crippen molar-refractivity contribution in [2.75, 3.05) is 26.7 Å². The van der Waals surface area contributed by atoms with Gasteiger partial charge in [-0.2, -0.15) is 0 Å². The van der Waals surface area contributed by atoms with Crippen molar-refractivity contribution in [2.45, 2.75) is 24.9 Å². The average molecular weight is 232 g/mol. The molecule has 1 aromatic carbocycles. The van der Waals surface area contributed by atoms with Gasteiger partial charge in [-0.25, -0.2) is 0 Å². The number of nitrogens with zero attached hydrogens (tertiary/aromatic N) is 1. The first-order chi connectivity index (χ1) is 8.35. The van der Waals surface area contributed by atoms with E-state index in [-0.39, 0.29) is 5.66 Å². The number of benzene rings is 1. The highest BCUT2D eigenvalue weighted by Crippen LogP contribution is 2.38. The number of nitrogens with one attached hydrogen (secondary N) is 1. The van der Waals surface area contributed by atoms with E-state index in [1.807, 2.05) is 0 Å². The molecule has 0 amide bonds. The Labute approximate surface area is 103 Å². The van der Waals surface area contributed by atoms with Crippen molar-refractivity contribution in [2.24, 2.45) is 0 Å². The summed E-state index contributed by atoms with van der Waals surface area (Å²) >= 11 is 0. The second-order valence-electron chi connectivity index (χ2n) is 4.96. The summed E-state index contributed by atoms with van der Waals surface area (Å²) in [5, 5.41) is 3.73. The van der Waals surface area contributed by atoms with Crippen LogP contribution in [0, 0.1) is 0 Å². The van der Waals surface area contributed by atoms with Crippen LogP contribution in [0.15, 0.2) is 24.3 Å². The van der Waals surface area contributed by atoms with E-state index in [1.54, 1.807) is 7.11 Å². The molecule has 2 saturated heterocycles. The van der Waals surface area contributed by atoms with Gasteiger partial charge in [0.05, 0.1) is 12.8 Å². The highest BCUT2D eigenvalue weighted by Gasteiger charge is 2.43. The normalized spacial score (nSPS) is 29.0. The minimum Gasteiger partial charge on any atom is -0.497 e. The number of hydrogen-bond acceptors (Lipinski definition) is 3. The van der Waals surface area contributed by atoms with E-state index >= 15 is 0 Å². The molecule has 92 valence electrons. The third kappa shape index (κ3) is 1.74. The van der Waals surface area contributed by atoms with Crippen LogP contribution in [-0.4, -0.2) is 31.6 Å². The fraction of sp³-hybridized carbons (Fsp3) is 0.571. The SMILES string of the molecule is COc1ccc(C23CCCN2CCCN3)cc1. The maximum absolute atomic E-state index is 5.23. The van der Waals surface area contributed by atoms with Crippen molar-refractivity contribution < 1.29 is 4.74 Å². The quantitative estimate of drug-likeness (QED) is 0.843. The molecular weight excluding hydrogens is 212 g/mol. The topological polar surface area (TPSA) is 24.5 Å². The van der Waals surface area contributed by atoms with Crippen molar-refractivity contribution >= 4 is 0 Å². The highest BCUT2D eigenvalue weighted by molar-refractivity contribution is 5.32. The van der Waals surface area contributed by atoms with Crippen LogP contribution in [0.5, 0.6) is 5.75 Å². The van der Waals surface area contributed by atoms with Gasteiger partial charge in [0.25, 0.3) is 0 Å². The van der Waals surface area contributed by atoms with Gasteiger partial charge >= 0.3 is 0 Å². The summed E-state index contributed by atoms with van der Waals surface area (Å²) in [6.45, 7) is 3.57. The van der Waals surface area contributed by atoms with Crippen molar-refractivity contribution in [3.8, 4) is 5.75 Å². The van der Waals surface area contributed by atoms with E-state index in [0.29, 0.717) is 0 Å². The Morgan fingerprint density at radius 1 is 1.18 bits per heavy atom. The molecule has 1 aromatic rings. The molecule has 2 aliphatic rings. The molecule has 17 heavy (non-hydrogen) atoms. The second-order valence-corrected chi connectivity index (χ2v) is 4.96. The summed E-state index contributed by atoms with van der Waals surface area (Å²) in [6.07, 6.45) is 3.77. The third-order valence-electron chi connectivity index (χ3n) is 4.10. The molecule has 1 atom stereocenters. The van der Waals surface area contributed by atoms with Gasteiger partial charge in [-0.1, -0.05) is 12.1 Å². The van der Waals surface area contributed by atoms with Gasteiger partial charge in [0.2, 0.25) is 0 Å². The molecule has 0 saturated carbocycles. The van der Waals surface area contributed by atoms with Crippen LogP contribution in [-0.2, 0) is 5.66 Å². The van der Waals surface area contributed by atoms with Gasteiger partial charge in [-0.3, -0.25) is 10.2 Å². The largest absolute Gasteiger partial charge is 0.497 e. The molecule has 3 nitrogen and oxygen atoms in total. The van der Waals surface area contributed by atoms with Crippen LogP contribution in [0.2, 0.25) is 0 Å². The molecule has 3 heteroatoms. The van der Waals surface area contributed by atoms with Crippen LogP contribution >= 0.6 is 0 Å². The molecule has 1 N–H and O–H groups in total. The van der Waals surface area contributed by atoms with Crippen LogP contribution in [0.4, 0.5) is 0 Å². The molecule has 0 radical (unpaired) electrons. The smallest absolute Gasteiger partial charge is 0.118 e. The standard InChI is InChI=1S/C14H20N2O/c1-17-13-6-4-12(5-7-13)14-8-2-10-16(14)11-3-9-15-14/h4-7,15H,2-3,8-11H2,1H3. The zero-order chi connectivity index (χ0) is 11.7. The molecule has 0 aromatic heterocycles. The predicted octanol–water partition coefficient (Wildman–Crippen LogP) is 1.94. The molecule has 2 fully saturated rings. The lowest BCUT2D eigenvalue weighted by atomic mass is 9.94. The Hall–Kier alpha value is -1.06. The summed E-state index contributed by atoms with van der Waals surface area (Å²) in [5.41, 5.74) is 1.49. The second kappa shape index (κ2) is 4.31. The molecule has 0 aliphatic carbocycles. The number of hydrogen-bond donors (Lipinski definition) is 1. The van der Waals surface area contributed by atoms with Gasteiger partial charge in [-0.05, 0) is 43.5 Å². The Kier molecular flexibility index (Phi) is 2.81. The number of ether oxygens (including phenoxy) is 1. The average Bonchev–Trinajstić information content (AvgIpc) is 2.84. The van der Waals surface area contributed by atoms with Gasteiger partial charge in [-0.15, -0.1) is 0 Å². The Balaban J connectivity index is 1.94. The van der Waals surface area contributed by atoms with Crippen molar-refractivity contribution in [3.63, 3.8) is 0 Å².